The molecular formula is C18H22O2. The van der Waals surface area contributed by atoms with E-state index in [-0.39, 0.29) is 6.61 Å². The normalized spacial score (nSPS) is 12.2. The highest BCUT2D eigenvalue weighted by atomic mass is 16.5. The summed E-state index contributed by atoms with van der Waals surface area (Å²) in [5.74, 6) is 0.878. The van der Waals surface area contributed by atoms with Gasteiger partial charge in [-0.05, 0) is 49.9 Å². The van der Waals surface area contributed by atoms with Gasteiger partial charge in [-0.1, -0.05) is 42.0 Å². The minimum atomic E-state index is -0.601. The molecule has 1 N–H and O–H groups in total. The Morgan fingerprint density at radius 3 is 2.15 bits per heavy atom. The van der Waals surface area contributed by atoms with Crippen molar-refractivity contribution >= 4 is 0 Å². The van der Waals surface area contributed by atoms with Crippen LogP contribution >= 0.6 is 0 Å². The summed E-state index contributed by atoms with van der Waals surface area (Å²) in [6, 6.07) is 12.1. The topological polar surface area (TPSA) is 29.5 Å². The van der Waals surface area contributed by atoms with Crippen molar-refractivity contribution in [3.63, 3.8) is 0 Å². The molecule has 1 atom stereocenters. The largest absolute Gasteiger partial charge is 0.490 e. The van der Waals surface area contributed by atoms with Gasteiger partial charge in [0.05, 0.1) is 0 Å². The molecule has 2 aromatic rings. The number of aryl methyl sites for hydroxylation is 4. The molecule has 2 heteroatoms. The first-order valence-corrected chi connectivity index (χ1v) is 6.93. The van der Waals surface area contributed by atoms with Gasteiger partial charge in [-0.15, -0.1) is 0 Å². The van der Waals surface area contributed by atoms with Crippen LogP contribution < -0.4 is 4.74 Å². The van der Waals surface area contributed by atoms with E-state index in [1.165, 1.54) is 5.56 Å². The maximum absolute atomic E-state index is 10.3. The van der Waals surface area contributed by atoms with Crippen LogP contribution in [0.4, 0.5) is 0 Å². The van der Waals surface area contributed by atoms with E-state index in [4.69, 9.17) is 4.74 Å². The van der Waals surface area contributed by atoms with Gasteiger partial charge >= 0.3 is 0 Å². The van der Waals surface area contributed by atoms with Gasteiger partial charge < -0.3 is 9.84 Å². The van der Waals surface area contributed by atoms with Crippen LogP contribution in [0.5, 0.6) is 5.75 Å². The molecule has 0 aliphatic rings. The van der Waals surface area contributed by atoms with Crippen molar-refractivity contribution in [2.75, 3.05) is 6.61 Å². The Morgan fingerprint density at radius 1 is 0.950 bits per heavy atom. The molecule has 20 heavy (non-hydrogen) atoms. The van der Waals surface area contributed by atoms with Gasteiger partial charge in [0.1, 0.15) is 18.5 Å². The lowest BCUT2D eigenvalue weighted by molar-refractivity contribution is 0.107. The van der Waals surface area contributed by atoms with Crippen molar-refractivity contribution in [3.05, 3.63) is 64.2 Å². The third kappa shape index (κ3) is 3.20. The molecule has 2 aromatic carbocycles. The van der Waals surface area contributed by atoms with Crippen molar-refractivity contribution in [3.8, 4) is 5.75 Å². The Balaban J connectivity index is 2.12. The molecule has 106 valence electrons. The molecule has 0 saturated carbocycles. The molecule has 0 amide bonds. The van der Waals surface area contributed by atoms with Crippen molar-refractivity contribution in [1.82, 2.24) is 0 Å². The van der Waals surface area contributed by atoms with Crippen LogP contribution in [0.3, 0.4) is 0 Å². The third-order valence-electron chi connectivity index (χ3n) is 3.54. The summed E-state index contributed by atoms with van der Waals surface area (Å²) in [7, 11) is 0. The summed E-state index contributed by atoms with van der Waals surface area (Å²) in [5, 5.41) is 10.3. The summed E-state index contributed by atoms with van der Waals surface area (Å²) >= 11 is 0. The van der Waals surface area contributed by atoms with Crippen LogP contribution in [0.25, 0.3) is 0 Å². The van der Waals surface area contributed by atoms with Crippen LogP contribution in [-0.4, -0.2) is 11.7 Å². The zero-order valence-corrected chi connectivity index (χ0v) is 12.6. The molecule has 0 fully saturated rings. The highest BCUT2D eigenvalue weighted by molar-refractivity contribution is 5.43. The Hall–Kier alpha value is -1.80. The molecule has 0 bridgehead atoms. The van der Waals surface area contributed by atoms with E-state index in [1.807, 2.05) is 45.0 Å². The van der Waals surface area contributed by atoms with Crippen LogP contribution in [0, 0.1) is 27.7 Å². The number of ether oxygens (including phenoxy) is 1. The van der Waals surface area contributed by atoms with E-state index >= 15 is 0 Å². The minimum Gasteiger partial charge on any atom is -0.490 e. The Labute approximate surface area is 121 Å². The predicted octanol–water partition coefficient (Wildman–Crippen LogP) is 4.03. The number of hydrogen-bond donors (Lipinski definition) is 1. The molecule has 2 rings (SSSR count). The van der Waals surface area contributed by atoms with E-state index in [2.05, 4.69) is 19.1 Å². The molecule has 0 heterocycles. The zero-order valence-electron chi connectivity index (χ0n) is 12.6. The van der Waals surface area contributed by atoms with Gasteiger partial charge in [0.15, 0.2) is 0 Å². The van der Waals surface area contributed by atoms with Crippen LogP contribution in [0.15, 0.2) is 36.4 Å². The molecule has 0 spiro atoms. The van der Waals surface area contributed by atoms with E-state index < -0.39 is 6.10 Å². The molecule has 0 aromatic heterocycles. The first-order chi connectivity index (χ1) is 9.49. The Kier molecular flexibility index (Phi) is 4.46. The van der Waals surface area contributed by atoms with E-state index in [0.29, 0.717) is 0 Å². The van der Waals surface area contributed by atoms with Crippen molar-refractivity contribution < 1.29 is 9.84 Å². The van der Waals surface area contributed by atoms with E-state index in [9.17, 15) is 5.11 Å². The lowest BCUT2D eigenvalue weighted by Crippen LogP contribution is -2.12. The maximum atomic E-state index is 10.3. The molecular weight excluding hydrogens is 248 g/mol. The average molecular weight is 270 g/mol. The second-order valence-electron chi connectivity index (χ2n) is 5.41. The van der Waals surface area contributed by atoms with E-state index in [1.54, 1.807) is 0 Å². The van der Waals surface area contributed by atoms with Gasteiger partial charge in [-0.25, -0.2) is 0 Å². The SMILES string of the molecule is Cc1cc(C)c(OCC(O)c2ccccc2C)c(C)c1. The fourth-order valence-electron chi connectivity index (χ4n) is 2.61. The smallest absolute Gasteiger partial charge is 0.125 e. The number of hydrogen-bond acceptors (Lipinski definition) is 2. The van der Waals surface area contributed by atoms with Crippen molar-refractivity contribution in [1.29, 1.82) is 0 Å². The van der Waals surface area contributed by atoms with E-state index in [0.717, 1.165) is 28.0 Å². The summed E-state index contributed by atoms with van der Waals surface area (Å²) in [4.78, 5) is 0. The second-order valence-corrected chi connectivity index (χ2v) is 5.41. The molecule has 0 radical (unpaired) electrons. The lowest BCUT2D eigenvalue weighted by atomic mass is 10.0. The zero-order chi connectivity index (χ0) is 14.7. The Morgan fingerprint density at radius 2 is 1.55 bits per heavy atom. The lowest BCUT2D eigenvalue weighted by Gasteiger charge is -2.17. The molecule has 0 saturated heterocycles. The predicted molar refractivity (Wildman–Crippen MR) is 82.3 cm³/mol. The fourth-order valence-corrected chi connectivity index (χ4v) is 2.61. The minimum absolute atomic E-state index is 0.273. The van der Waals surface area contributed by atoms with Crippen molar-refractivity contribution in [2.24, 2.45) is 0 Å². The number of benzene rings is 2. The molecule has 2 nitrogen and oxygen atoms in total. The number of aliphatic hydroxyl groups excluding tert-OH is 1. The Bertz CT molecular complexity index is 579. The average Bonchev–Trinajstić information content (AvgIpc) is 2.37. The summed E-state index contributed by atoms with van der Waals surface area (Å²) in [6.07, 6.45) is -0.601. The first-order valence-electron chi connectivity index (χ1n) is 6.93. The summed E-state index contributed by atoms with van der Waals surface area (Å²) in [6.45, 7) is 8.42. The summed E-state index contributed by atoms with van der Waals surface area (Å²) in [5.41, 5.74) is 5.46. The second kappa shape index (κ2) is 6.10. The molecule has 0 aliphatic carbocycles. The van der Waals surface area contributed by atoms with Crippen LogP contribution in [0.2, 0.25) is 0 Å². The van der Waals surface area contributed by atoms with Crippen LogP contribution in [0.1, 0.15) is 33.9 Å². The van der Waals surface area contributed by atoms with Gasteiger partial charge in [0, 0.05) is 0 Å². The van der Waals surface area contributed by atoms with Gasteiger partial charge in [-0.3, -0.25) is 0 Å². The maximum Gasteiger partial charge on any atom is 0.125 e. The third-order valence-corrected chi connectivity index (χ3v) is 3.54. The molecule has 0 aliphatic heterocycles. The highest BCUT2D eigenvalue weighted by Crippen LogP contribution is 2.26. The first kappa shape index (κ1) is 14.6. The standard InChI is InChI=1S/C18H22O2/c1-12-9-14(3)18(15(4)10-12)20-11-17(19)16-8-6-5-7-13(16)2/h5-10,17,19H,11H2,1-4H3. The van der Waals surface area contributed by atoms with Crippen LogP contribution in [-0.2, 0) is 0 Å². The van der Waals surface area contributed by atoms with Gasteiger partial charge in [0.25, 0.3) is 0 Å². The number of aliphatic hydroxyl groups is 1. The fraction of sp³-hybridized carbons (Fsp3) is 0.333. The van der Waals surface area contributed by atoms with Gasteiger partial charge in [-0.2, -0.15) is 0 Å². The summed E-state index contributed by atoms with van der Waals surface area (Å²) < 4.78 is 5.84. The highest BCUT2D eigenvalue weighted by Gasteiger charge is 2.12. The monoisotopic (exact) mass is 270 g/mol. The molecule has 1 unspecified atom stereocenters. The van der Waals surface area contributed by atoms with Crippen molar-refractivity contribution in [2.45, 2.75) is 33.8 Å². The van der Waals surface area contributed by atoms with Gasteiger partial charge in [0.2, 0.25) is 0 Å². The quantitative estimate of drug-likeness (QED) is 0.908. The number of rotatable bonds is 4.